The minimum atomic E-state index is -0.177. The molecule has 0 atom stereocenters. The molecule has 0 spiro atoms. The van der Waals surface area contributed by atoms with E-state index in [2.05, 4.69) is 10.3 Å². The average molecular weight is 357 g/mol. The molecule has 26 heavy (non-hydrogen) atoms. The van der Waals surface area contributed by atoms with E-state index in [1.54, 1.807) is 18.0 Å². The van der Waals surface area contributed by atoms with Crippen LogP contribution in [0.4, 0.5) is 0 Å². The molecule has 3 rings (SSSR count). The molecule has 6 nitrogen and oxygen atoms in total. The number of fused-ring (bicyclic) bond motifs is 1. The number of carbonyl (C=O) groups is 1. The second kappa shape index (κ2) is 8.45. The zero-order chi connectivity index (χ0) is 18.4. The highest BCUT2D eigenvalue weighted by Gasteiger charge is 2.35. The highest BCUT2D eigenvalue weighted by Crippen LogP contribution is 2.40. The van der Waals surface area contributed by atoms with Gasteiger partial charge in [0.05, 0.1) is 23.8 Å². The molecule has 1 amide bonds. The number of hydrogen-bond donors (Lipinski definition) is 1. The van der Waals surface area contributed by atoms with Gasteiger partial charge in [0.15, 0.2) is 0 Å². The lowest BCUT2D eigenvalue weighted by atomic mass is 9.71. The minimum absolute atomic E-state index is 0.0275. The van der Waals surface area contributed by atoms with Gasteiger partial charge in [0.1, 0.15) is 0 Å². The fraction of sp³-hybridized carbons (Fsp3) is 0.550. The quantitative estimate of drug-likeness (QED) is 0.773. The number of rotatable bonds is 7. The number of benzene rings is 1. The molecule has 140 valence electrons. The van der Waals surface area contributed by atoms with Crippen molar-refractivity contribution in [2.45, 2.75) is 45.1 Å². The Morgan fingerprint density at radius 1 is 1.27 bits per heavy atom. The molecule has 1 fully saturated rings. The van der Waals surface area contributed by atoms with Gasteiger partial charge in [0.2, 0.25) is 5.91 Å². The van der Waals surface area contributed by atoms with Crippen LogP contribution < -0.4 is 10.9 Å². The van der Waals surface area contributed by atoms with Crippen molar-refractivity contribution in [3.8, 4) is 0 Å². The van der Waals surface area contributed by atoms with Gasteiger partial charge in [-0.05, 0) is 30.4 Å². The predicted octanol–water partition coefficient (Wildman–Crippen LogP) is 2.50. The van der Waals surface area contributed by atoms with Gasteiger partial charge in [-0.3, -0.25) is 14.2 Å². The van der Waals surface area contributed by atoms with Crippen molar-refractivity contribution in [3.63, 3.8) is 0 Å². The number of ether oxygens (including phenoxy) is 1. The normalized spacial score (nSPS) is 16.5. The van der Waals surface area contributed by atoms with E-state index in [-0.39, 0.29) is 16.9 Å². The van der Waals surface area contributed by atoms with Crippen LogP contribution in [-0.4, -0.2) is 35.7 Å². The maximum atomic E-state index is 12.8. The molecule has 1 aromatic carbocycles. The number of hydrogen-bond acceptors (Lipinski definition) is 4. The first-order valence-electron chi connectivity index (χ1n) is 9.33. The van der Waals surface area contributed by atoms with E-state index in [9.17, 15) is 9.59 Å². The van der Waals surface area contributed by atoms with Crippen LogP contribution in [0.15, 0.2) is 35.4 Å². The summed E-state index contributed by atoms with van der Waals surface area (Å²) in [7, 11) is 1.62. The first-order valence-corrected chi connectivity index (χ1v) is 9.33. The van der Waals surface area contributed by atoms with E-state index in [1.165, 1.54) is 6.42 Å². The Hall–Kier alpha value is -2.21. The van der Waals surface area contributed by atoms with Crippen LogP contribution in [0.25, 0.3) is 10.9 Å². The van der Waals surface area contributed by atoms with Crippen molar-refractivity contribution in [1.29, 1.82) is 0 Å². The number of methoxy groups -OCH3 is 1. The Morgan fingerprint density at radius 2 is 2.04 bits per heavy atom. The topological polar surface area (TPSA) is 73.2 Å². The minimum Gasteiger partial charge on any atom is -0.383 e. The van der Waals surface area contributed by atoms with Crippen molar-refractivity contribution in [2.24, 2.45) is 5.41 Å². The van der Waals surface area contributed by atoms with Crippen molar-refractivity contribution >= 4 is 16.8 Å². The molecule has 2 aromatic rings. The van der Waals surface area contributed by atoms with Crippen LogP contribution in [0.3, 0.4) is 0 Å². The fourth-order valence-corrected chi connectivity index (χ4v) is 3.97. The van der Waals surface area contributed by atoms with Gasteiger partial charge in [-0.1, -0.05) is 31.4 Å². The van der Waals surface area contributed by atoms with Crippen LogP contribution in [0.5, 0.6) is 0 Å². The molecule has 1 N–H and O–H groups in total. The third-order valence-corrected chi connectivity index (χ3v) is 5.32. The zero-order valence-electron chi connectivity index (χ0n) is 15.4. The molecule has 1 saturated carbocycles. The largest absolute Gasteiger partial charge is 0.383 e. The maximum absolute atomic E-state index is 12.8. The first kappa shape index (κ1) is 18.6. The molecular weight excluding hydrogens is 330 g/mol. The molecule has 1 aliphatic rings. The molecule has 6 heteroatoms. The van der Waals surface area contributed by atoms with Gasteiger partial charge >= 0.3 is 0 Å². The summed E-state index contributed by atoms with van der Waals surface area (Å²) < 4.78 is 6.68. The number of carbonyl (C=O) groups excluding carboxylic acids is 1. The van der Waals surface area contributed by atoms with Gasteiger partial charge in [0, 0.05) is 26.6 Å². The summed E-state index contributed by atoms with van der Waals surface area (Å²) in [5.74, 6) is 0.0331. The van der Waals surface area contributed by atoms with Crippen molar-refractivity contribution in [2.75, 3.05) is 20.3 Å². The number of amides is 1. The maximum Gasteiger partial charge on any atom is 0.261 e. The van der Waals surface area contributed by atoms with Gasteiger partial charge < -0.3 is 10.1 Å². The van der Waals surface area contributed by atoms with Gasteiger partial charge in [-0.25, -0.2) is 4.98 Å². The highest BCUT2D eigenvalue weighted by atomic mass is 16.5. The van der Waals surface area contributed by atoms with E-state index in [1.807, 2.05) is 24.3 Å². The Labute approximate surface area is 153 Å². The summed E-state index contributed by atoms with van der Waals surface area (Å²) >= 11 is 0. The third-order valence-electron chi connectivity index (χ3n) is 5.32. The Kier molecular flexibility index (Phi) is 6.04. The van der Waals surface area contributed by atoms with Crippen LogP contribution in [-0.2, 0) is 16.1 Å². The second-order valence-corrected chi connectivity index (χ2v) is 7.27. The monoisotopic (exact) mass is 357 g/mol. The van der Waals surface area contributed by atoms with Crippen molar-refractivity contribution < 1.29 is 9.53 Å². The Morgan fingerprint density at radius 3 is 2.81 bits per heavy atom. The lowest BCUT2D eigenvalue weighted by Crippen LogP contribution is -2.39. The second-order valence-electron chi connectivity index (χ2n) is 7.27. The first-order chi connectivity index (χ1) is 12.6. The standard InChI is InChI=1S/C20H27N3O3/c1-26-12-11-21-18(24)13-20(9-5-2-6-10-20)14-23-15-22-17-8-4-3-7-16(17)19(23)25/h3-4,7-8,15H,2,5-6,9-14H2,1H3,(H,21,24). The summed E-state index contributed by atoms with van der Waals surface area (Å²) in [5, 5.41) is 3.55. The molecule has 1 aromatic heterocycles. The summed E-state index contributed by atoms with van der Waals surface area (Å²) in [6.45, 7) is 1.57. The molecule has 1 heterocycles. The van der Waals surface area contributed by atoms with Gasteiger partial charge in [-0.2, -0.15) is 0 Å². The van der Waals surface area contributed by atoms with Crippen molar-refractivity contribution in [1.82, 2.24) is 14.9 Å². The van der Waals surface area contributed by atoms with E-state index in [0.29, 0.717) is 37.0 Å². The molecule has 0 saturated heterocycles. The molecule has 0 aliphatic heterocycles. The molecule has 0 radical (unpaired) electrons. The molecule has 0 unspecified atom stereocenters. The zero-order valence-corrected chi connectivity index (χ0v) is 15.4. The summed E-state index contributed by atoms with van der Waals surface area (Å²) in [4.78, 5) is 29.7. The van der Waals surface area contributed by atoms with E-state index in [0.717, 1.165) is 25.7 Å². The lowest BCUT2D eigenvalue weighted by molar-refractivity contribution is -0.124. The smallest absolute Gasteiger partial charge is 0.261 e. The lowest BCUT2D eigenvalue weighted by Gasteiger charge is -2.37. The van der Waals surface area contributed by atoms with Gasteiger partial charge in [-0.15, -0.1) is 0 Å². The van der Waals surface area contributed by atoms with Crippen LogP contribution in [0, 0.1) is 5.41 Å². The number of para-hydroxylation sites is 1. The van der Waals surface area contributed by atoms with E-state index in [4.69, 9.17) is 4.74 Å². The predicted molar refractivity (Wildman–Crippen MR) is 101 cm³/mol. The highest BCUT2D eigenvalue weighted by molar-refractivity contribution is 5.77. The van der Waals surface area contributed by atoms with Crippen molar-refractivity contribution in [3.05, 3.63) is 40.9 Å². The number of nitrogens with one attached hydrogen (secondary N) is 1. The molecule has 1 aliphatic carbocycles. The van der Waals surface area contributed by atoms with Crippen LogP contribution >= 0.6 is 0 Å². The fourth-order valence-electron chi connectivity index (χ4n) is 3.97. The van der Waals surface area contributed by atoms with Gasteiger partial charge in [0.25, 0.3) is 5.56 Å². The summed E-state index contributed by atoms with van der Waals surface area (Å²) in [6, 6.07) is 7.40. The average Bonchev–Trinajstić information content (AvgIpc) is 2.65. The number of nitrogens with zero attached hydrogens (tertiary/aromatic N) is 2. The summed E-state index contributed by atoms with van der Waals surface area (Å²) in [6.07, 6.45) is 7.38. The van der Waals surface area contributed by atoms with Crippen LogP contribution in [0.2, 0.25) is 0 Å². The number of aromatic nitrogens is 2. The van der Waals surface area contributed by atoms with E-state index >= 15 is 0 Å². The molecular formula is C20H27N3O3. The van der Waals surface area contributed by atoms with Crippen LogP contribution in [0.1, 0.15) is 38.5 Å². The SMILES string of the molecule is COCCNC(=O)CC1(Cn2cnc3ccccc3c2=O)CCCCC1. The Balaban J connectivity index is 1.81. The molecule has 0 bridgehead atoms. The summed E-state index contributed by atoms with van der Waals surface area (Å²) in [5.41, 5.74) is 0.507. The third kappa shape index (κ3) is 4.30. The Bertz CT molecular complexity index is 809. The van der Waals surface area contributed by atoms with E-state index < -0.39 is 0 Å².